The van der Waals surface area contributed by atoms with Crippen molar-refractivity contribution in [1.82, 2.24) is 15.0 Å². The average molecular weight is 518 g/mol. The largest absolute Gasteiger partial charge is 0.505 e. The molecule has 5 aromatic rings. The van der Waals surface area contributed by atoms with E-state index in [-0.39, 0.29) is 29.8 Å². The standard InChI is InChI=1S/C31H27N5O3/c37-28-19-29(39-18-8-11-21-9-2-1-3-10-21)23(17-16-22-20-32-24-12-4-5-13-25(24)33-22)31(38)30(28)36-34-26-14-6-7-15-27(26)35-36/h1-15,19,22,37-38H,16-18,20H2/b11-8+. The second-order valence-electron chi connectivity index (χ2n) is 9.32. The van der Waals surface area contributed by atoms with Gasteiger partial charge in [-0.15, -0.1) is 15.0 Å². The Morgan fingerprint density at radius 3 is 2.33 bits per heavy atom. The lowest BCUT2D eigenvalue weighted by atomic mass is 10.0. The molecule has 1 aliphatic rings. The van der Waals surface area contributed by atoms with Crippen molar-refractivity contribution in [2.24, 2.45) is 9.98 Å². The maximum absolute atomic E-state index is 11.4. The minimum Gasteiger partial charge on any atom is -0.505 e. The van der Waals surface area contributed by atoms with Crippen molar-refractivity contribution in [2.45, 2.75) is 18.9 Å². The molecular formula is C31H27N5O3. The van der Waals surface area contributed by atoms with Gasteiger partial charge in [0.1, 0.15) is 23.4 Å². The third kappa shape index (κ3) is 5.22. The molecule has 1 aromatic heterocycles. The summed E-state index contributed by atoms with van der Waals surface area (Å²) in [5, 5.41) is 33.1. The van der Waals surface area contributed by atoms with E-state index in [1.54, 1.807) is 0 Å². The molecule has 1 unspecified atom stereocenters. The predicted octanol–water partition coefficient (Wildman–Crippen LogP) is 4.18. The maximum Gasteiger partial charge on any atom is 0.169 e. The Labute approximate surface area is 224 Å². The van der Waals surface area contributed by atoms with Crippen molar-refractivity contribution < 1.29 is 14.9 Å². The van der Waals surface area contributed by atoms with Crippen LogP contribution in [0.2, 0.25) is 0 Å². The van der Waals surface area contributed by atoms with Crippen LogP contribution in [0.5, 0.6) is 17.2 Å². The highest BCUT2D eigenvalue weighted by Gasteiger charge is 2.23. The Morgan fingerprint density at radius 1 is 0.872 bits per heavy atom. The number of benzene rings is 4. The van der Waals surface area contributed by atoms with Crippen LogP contribution in [-0.4, -0.2) is 44.4 Å². The molecule has 0 aliphatic carbocycles. The molecule has 0 saturated heterocycles. The van der Waals surface area contributed by atoms with Gasteiger partial charge in [0.25, 0.3) is 0 Å². The zero-order chi connectivity index (χ0) is 26.6. The van der Waals surface area contributed by atoms with Gasteiger partial charge in [0.2, 0.25) is 0 Å². The zero-order valence-corrected chi connectivity index (χ0v) is 21.2. The van der Waals surface area contributed by atoms with Crippen molar-refractivity contribution >= 4 is 17.1 Å². The van der Waals surface area contributed by atoms with Crippen molar-refractivity contribution in [3.8, 4) is 22.9 Å². The van der Waals surface area contributed by atoms with Crippen LogP contribution < -0.4 is 15.5 Å². The van der Waals surface area contributed by atoms with E-state index < -0.39 is 0 Å². The number of hydrogen-bond donors (Lipinski definition) is 2. The fourth-order valence-corrected chi connectivity index (χ4v) is 4.69. The fraction of sp³-hybridized carbons (Fsp3) is 0.161. The second-order valence-corrected chi connectivity index (χ2v) is 9.32. The number of hydrogen-bond acceptors (Lipinski definition) is 7. The van der Waals surface area contributed by atoms with E-state index in [0.29, 0.717) is 41.7 Å². The first kappa shape index (κ1) is 24.4. The molecule has 0 fully saturated rings. The quantitative estimate of drug-likeness (QED) is 0.321. The van der Waals surface area contributed by atoms with E-state index in [1.807, 2.05) is 91.0 Å². The molecule has 0 spiro atoms. The first-order chi connectivity index (χ1) is 19.2. The molecule has 4 aromatic carbocycles. The summed E-state index contributed by atoms with van der Waals surface area (Å²) in [6, 6.07) is 26.6. The molecule has 1 aliphatic heterocycles. The topological polar surface area (TPSA) is 105 Å². The predicted molar refractivity (Wildman–Crippen MR) is 149 cm³/mol. The lowest BCUT2D eigenvalue weighted by molar-refractivity contribution is 0.347. The number of ether oxygens (including phenoxy) is 1. The number of para-hydroxylation sites is 2. The van der Waals surface area contributed by atoms with Crippen molar-refractivity contribution in [2.75, 3.05) is 13.2 Å². The molecule has 6 rings (SSSR count). The smallest absolute Gasteiger partial charge is 0.169 e. The third-order valence-corrected chi connectivity index (χ3v) is 6.65. The lowest BCUT2D eigenvalue weighted by Gasteiger charge is -2.18. The highest BCUT2D eigenvalue weighted by molar-refractivity contribution is 5.74. The van der Waals surface area contributed by atoms with Crippen LogP contribution in [0.4, 0.5) is 0 Å². The Bertz CT molecular complexity index is 1750. The van der Waals surface area contributed by atoms with E-state index in [9.17, 15) is 10.2 Å². The molecule has 0 radical (unpaired) electrons. The van der Waals surface area contributed by atoms with Crippen LogP contribution in [0.3, 0.4) is 0 Å². The molecule has 194 valence electrons. The normalized spacial score (nSPS) is 14.6. The van der Waals surface area contributed by atoms with Gasteiger partial charge in [0, 0.05) is 11.6 Å². The number of phenolic OH excluding ortho intramolecular Hbond substituents is 2. The van der Waals surface area contributed by atoms with Gasteiger partial charge >= 0.3 is 0 Å². The molecular weight excluding hydrogens is 490 g/mol. The Hall–Kier alpha value is -4.98. The zero-order valence-electron chi connectivity index (χ0n) is 21.2. The van der Waals surface area contributed by atoms with Crippen LogP contribution in [-0.2, 0) is 6.42 Å². The van der Waals surface area contributed by atoms with Crippen LogP contribution in [0.1, 0.15) is 17.5 Å². The summed E-state index contributed by atoms with van der Waals surface area (Å²) in [6.07, 6.45) is 4.96. The number of fused-ring (bicyclic) bond motifs is 2. The summed E-state index contributed by atoms with van der Waals surface area (Å²) in [5.41, 5.74) is 3.05. The number of aromatic hydroxyl groups is 2. The summed E-state index contributed by atoms with van der Waals surface area (Å²) < 4.78 is 6.06. The fourth-order valence-electron chi connectivity index (χ4n) is 4.69. The van der Waals surface area contributed by atoms with E-state index in [1.165, 1.54) is 10.9 Å². The Balaban J connectivity index is 1.31. The van der Waals surface area contributed by atoms with Gasteiger partial charge in [-0.3, -0.25) is 9.98 Å². The van der Waals surface area contributed by atoms with E-state index >= 15 is 0 Å². The van der Waals surface area contributed by atoms with Crippen LogP contribution in [0, 0.1) is 0 Å². The number of phenols is 2. The van der Waals surface area contributed by atoms with Gasteiger partial charge < -0.3 is 14.9 Å². The number of aromatic nitrogens is 3. The molecule has 2 heterocycles. The van der Waals surface area contributed by atoms with Gasteiger partial charge in [0.05, 0.1) is 23.3 Å². The molecule has 8 nitrogen and oxygen atoms in total. The van der Waals surface area contributed by atoms with Crippen LogP contribution in [0.15, 0.2) is 101 Å². The molecule has 0 amide bonds. The van der Waals surface area contributed by atoms with Gasteiger partial charge in [-0.2, -0.15) is 0 Å². The summed E-state index contributed by atoms with van der Waals surface area (Å²) in [7, 11) is 0. The van der Waals surface area contributed by atoms with Crippen LogP contribution >= 0.6 is 0 Å². The Kier molecular flexibility index (Phi) is 6.74. The van der Waals surface area contributed by atoms with Gasteiger partial charge in [-0.25, -0.2) is 0 Å². The molecule has 39 heavy (non-hydrogen) atoms. The molecule has 8 heteroatoms. The average Bonchev–Trinajstić information content (AvgIpc) is 3.39. The second kappa shape index (κ2) is 10.8. The molecule has 0 saturated carbocycles. The summed E-state index contributed by atoms with van der Waals surface area (Å²) >= 11 is 0. The van der Waals surface area contributed by atoms with E-state index in [4.69, 9.17) is 9.73 Å². The maximum atomic E-state index is 11.4. The Morgan fingerprint density at radius 2 is 1.56 bits per heavy atom. The van der Waals surface area contributed by atoms with Crippen LogP contribution in [0.25, 0.3) is 22.8 Å². The van der Waals surface area contributed by atoms with E-state index in [0.717, 1.165) is 16.3 Å². The van der Waals surface area contributed by atoms with Gasteiger partial charge in [0.15, 0.2) is 17.2 Å². The molecule has 1 atom stereocenters. The third-order valence-electron chi connectivity index (χ3n) is 6.65. The summed E-state index contributed by atoms with van der Waals surface area (Å²) in [4.78, 5) is 10.8. The number of nitrogens with zero attached hydrogens (tertiary/aromatic N) is 5. The molecule has 0 bridgehead atoms. The molecule has 2 N–H and O–H groups in total. The summed E-state index contributed by atoms with van der Waals surface area (Å²) in [5.74, 6) is 0.103. The number of rotatable bonds is 8. The van der Waals surface area contributed by atoms with Gasteiger partial charge in [-0.1, -0.05) is 60.7 Å². The monoisotopic (exact) mass is 517 g/mol. The minimum atomic E-state index is -0.176. The van der Waals surface area contributed by atoms with E-state index in [2.05, 4.69) is 15.2 Å². The first-order valence-electron chi connectivity index (χ1n) is 12.9. The summed E-state index contributed by atoms with van der Waals surface area (Å²) in [6.45, 7) is 0.839. The highest BCUT2D eigenvalue weighted by Crippen LogP contribution is 2.41. The first-order valence-corrected chi connectivity index (χ1v) is 12.9. The van der Waals surface area contributed by atoms with Crippen molar-refractivity contribution in [1.29, 1.82) is 0 Å². The lowest BCUT2D eigenvalue weighted by Crippen LogP contribution is -2.33. The highest BCUT2D eigenvalue weighted by atomic mass is 16.5. The minimum absolute atomic E-state index is 0.0344. The SMILES string of the molecule is Oc1cc(OC/C=C/c2ccccc2)c(CCC2CN=c3ccccc3=N2)c(O)c1-n1nc2ccccc2n1. The van der Waals surface area contributed by atoms with Crippen molar-refractivity contribution in [3.05, 3.63) is 113 Å². The van der Waals surface area contributed by atoms with Gasteiger partial charge in [-0.05, 0) is 48.7 Å². The van der Waals surface area contributed by atoms with Crippen molar-refractivity contribution in [3.63, 3.8) is 0 Å².